The maximum Gasteiger partial charge on any atom is 0.246 e. The maximum atomic E-state index is 12.5. The van der Waals surface area contributed by atoms with Crippen molar-refractivity contribution in [3.05, 3.63) is 41.2 Å². The molecule has 0 amide bonds. The molecule has 0 bridgehead atoms. The van der Waals surface area contributed by atoms with Gasteiger partial charge in [0, 0.05) is 13.6 Å². The molecule has 20 heavy (non-hydrogen) atoms. The number of phenolic OH excluding ortho intramolecular Hbond substituents is 1. The summed E-state index contributed by atoms with van der Waals surface area (Å²) in [5.41, 5.74) is 1.69. The second-order valence-electron chi connectivity index (χ2n) is 4.69. The van der Waals surface area contributed by atoms with Crippen LogP contribution in [0.1, 0.15) is 17.0 Å². The number of aromatic nitrogens is 2. The average molecular weight is 295 g/mol. The average Bonchev–Trinajstić information content (AvgIpc) is 2.69. The van der Waals surface area contributed by atoms with Crippen LogP contribution in [0.5, 0.6) is 5.75 Å². The highest BCUT2D eigenvalue weighted by Crippen LogP contribution is 2.22. The molecule has 0 unspecified atom stereocenters. The van der Waals surface area contributed by atoms with Crippen LogP contribution in [0.15, 0.2) is 29.2 Å². The van der Waals surface area contributed by atoms with Crippen LogP contribution in [0, 0.1) is 13.8 Å². The monoisotopic (exact) mass is 295 g/mol. The second-order valence-corrected chi connectivity index (χ2v) is 6.68. The largest absolute Gasteiger partial charge is 0.508 e. The number of hydrogen-bond acceptors (Lipinski definition) is 4. The number of nitrogens with zero attached hydrogens (tertiary/aromatic N) is 2. The van der Waals surface area contributed by atoms with Gasteiger partial charge in [0.1, 0.15) is 10.6 Å². The van der Waals surface area contributed by atoms with Crippen LogP contribution in [0.25, 0.3) is 0 Å². The van der Waals surface area contributed by atoms with Crippen LogP contribution >= 0.6 is 0 Å². The van der Waals surface area contributed by atoms with E-state index >= 15 is 0 Å². The number of nitrogens with one attached hydrogen (secondary N) is 1. The van der Waals surface area contributed by atoms with Gasteiger partial charge in [-0.1, -0.05) is 12.1 Å². The van der Waals surface area contributed by atoms with Gasteiger partial charge >= 0.3 is 0 Å². The molecule has 2 N–H and O–H groups in total. The van der Waals surface area contributed by atoms with E-state index in [4.69, 9.17) is 0 Å². The van der Waals surface area contributed by atoms with Crippen LogP contribution in [0.4, 0.5) is 0 Å². The summed E-state index contributed by atoms with van der Waals surface area (Å²) in [5, 5.41) is 16.0. The Hall–Kier alpha value is -1.86. The molecule has 0 saturated carbocycles. The molecule has 2 rings (SSSR count). The van der Waals surface area contributed by atoms with Gasteiger partial charge in [0.25, 0.3) is 0 Å². The first-order chi connectivity index (χ1) is 9.32. The Kier molecular flexibility index (Phi) is 3.82. The van der Waals surface area contributed by atoms with Crippen molar-refractivity contribution >= 4 is 10.0 Å². The molecule has 6 nitrogen and oxygen atoms in total. The Balaban J connectivity index is 2.31. The van der Waals surface area contributed by atoms with Crippen molar-refractivity contribution in [2.24, 2.45) is 0 Å². The molecule has 2 aromatic rings. The van der Waals surface area contributed by atoms with E-state index in [1.54, 1.807) is 38.1 Å². The summed E-state index contributed by atoms with van der Waals surface area (Å²) in [6.45, 7) is 3.51. The Morgan fingerprint density at radius 1 is 1.35 bits per heavy atom. The number of aromatic hydroxyl groups is 1. The lowest BCUT2D eigenvalue weighted by molar-refractivity contribution is 0.457. The molecule has 1 aromatic heterocycles. The smallest absolute Gasteiger partial charge is 0.246 e. The Morgan fingerprint density at radius 3 is 2.60 bits per heavy atom. The molecular formula is C13H17N3O3S. The zero-order valence-corrected chi connectivity index (χ0v) is 12.4. The van der Waals surface area contributed by atoms with Crippen molar-refractivity contribution in [3.8, 4) is 5.75 Å². The molecule has 0 aliphatic rings. The summed E-state index contributed by atoms with van der Waals surface area (Å²) >= 11 is 0. The van der Waals surface area contributed by atoms with Gasteiger partial charge < -0.3 is 5.11 Å². The minimum atomic E-state index is -3.61. The van der Waals surface area contributed by atoms with Crippen molar-refractivity contribution in [3.63, 3.8) is 0 Å². The number of hydrogen-bond donors (Lipinski definition) is 2. The SMILES string of the molecule is Cc1n[nH]c(C)c1S(=O)(=O)N(C)Cc1cccc(O)c1. The van der Waals surface area contributed by atoms with Gasteiger partial charge in [0.05, 0.1) is 11.4 Å². The topological polar surface area (TPSA) is 86.3 Å². The number of phenols is 1. The highest BCUT2D eigenvalue weighted by molar-refractivity contribution is 7.89. The second kappa shape index (κ2) is 5.26. The number of aromatic amines is 1. The Labute approximate surface area is 118 Å². The molecule has 0 atom stereocenters. The van der Waals surface area contributed by atoms with Gasteiger partial charge in [0.2, 0.25) is 10.0 Å². The Bertz CT molecular complexity index is 703. The van der Waals surface area contributed by atoms with E-state index in [9.17, 15) is 13.5 Å². The number of sulfonamides is 1. The summed E-state index contributed by atoms with van der Waals surface area (Å²) < 4.78 is 26.3. The zero-order chi connectivity index (χ0) is 14.9. The van der Waals surface area contributed by atoms with Gasteiger partial charge in [0.15, 0.2) is 0 Å². The van der Waals surface area contributed by atoms with Crippen LogP contribution in [0.3, 0.4) is 0 Å². The highest BCUT2D eigenvalue weighted by atomic mass is 32.2. The van der Waals surface area contributed by atoms with Gasteiger partial charge in [-0.05, 0) is 31.5 Å². The molecule has 0 saturated heterocycles. The van der Waals surface area contributed by atoms with E-state index in [2.05, 4.69) is 10.2 Å². The first-order valence-corrected chi connectivity index (χ1v) is 7.52. The lowest BCUT2D eigenvalue weighted by Gasteiger charge is -2.17. The number of benzene rings is 1. The molecule has 0 radical (unpaired) electrons. The predicted octanol–water partition coefficient (Wildman–Crippen LogP) is 1.55. The number of aryl methyl sites for hydroxylation is 2. The van der Waals surface area contributed by atoms with Crippen molar-refractivity contribution in [1.29, 1.82) is 0 Å². The normalized spacial score (nSPS) is 12.0. The lowest BCUT2D eigenvalue weighted by Crippen LogP contribution is -2.27. The first kappa shape index (κ1) is 14.5. The summed E-state index contributed by atoms with van der Waals surface area (Å²) in [5.74, 6) is 0.115. The minimum absolute atomic E-state index is 0.115. The van der Waals surface area contributed by atoms with E-state index in [1.807, 2.05) is 0 Å². The Morgan fingerprint density at radius 2 is 2.05 bits per heavy atom. The van der Waals surface area contributed by atoms with Crippen LogP contribution in [-0.2, 0) is 16.6 Å². The standard InChI is InChI=1S/C13H17N3O3S/c1-9-13(10(2)15-14-9)20(18,19)16(3)8-11-5-4-6-12(17)7-11/h4-7,17H,8H2,1-3H3,(H,14,15). The summed E-state index contributed by atoms with van der Waals surface area (Å²) in [6.07, 6.45) is 0. The molecule has 1 aromatic carbocycles. The lowest BCUT2D eigenvalue weighted by atomic mass is 10.2. The van der Waals surface area contributed by atoms with Gasteiger partial charge in [-0.3, -0.25) is 5.10 Å². The summed E-state index contributed by atoms with van der Waals surface area (Å²) in [4.78, 5) is 0.208. The molecular weight excluding hydrogens is 278 g/mol. The zero-order valence-electron chi connectivity index (χ0n) is 11.6. The summed E-state index contributed by atoms with van der Waals surface area (Å²) in [6, 6.07) is 6.53. The fourth-order valence-corrected chi connectivity index (χ4v) is 3.56. The fraction of sp³-hybridized carbons (Fsp3) is 0.308. The van der Waals surface area contributed by atoms with E-state index in [0.717, 1.165) is 5.56 Å². The van der Waals surface area contributed by atoms with Crippen LogP contribution in [-0.4, -0.2) is 35.1 Å². The van der Waals surface area contributed by atoms with Crippen LogP contribution < -0.4 is 0 Å². The summed E-state index contributed by atoms with van der Waals surface area (Å²) in [7, 11) is -2.10. The quantitative estimate of drug-likeness (QED) is 0.896. The molecule has 0 spiro atoms. The van der Waals surface area contributed by atoms with Crippen LogP contribution in [0.2, 0.25) is 0 Å². The van der Waals surface area contributed by atoms with E-state index in [0.29, 0.717) is 11.4 Å². The third-order valence-electron chi connectivity index (χ3n) is 3.04. The third-order valence-corrected chi connectivity index (χ3v) is 5.11. The van der Waals surface area contributed by atoms with Gasteiger partial charge in [-0.25, -0.2) is 8.42 Å². The predicted molar refractivity (Wildman–Crippen MR) is 74.8 cm³/mol. The third kappa shape index (κ3) is 2.68. The molecule has 7 heteroatoms. The number of H-pyrrole nitrogens is 1. The first-order valence-electron chi connectivity index (χ1n) is 6.08. The van der Waals surface area contributed by atoms with E-state index < -0.39 is 10.0 Å². The highest BCUT2D eigenvalue weighted by Gasteiger charge is 2.26. The van der Waals surface area contributed by atoms with Crippen molar-refractivity contribution in [1.82, 2.24) is 14.5 Å². The van der Waals surface area contributed by atoms with Crippen molar-refractivity contribution in [2.45, 2.75) is 25.3 Å². The van der Waals surface area contributed by atoms with Crippen molar-refractivity contribution in [2.75, 3.05) is 7.05 Å². The molecule has 0 fully saturated rings. The molecule has 1 heterocycles. The minimum Gasteiger partial charge on any atom is -0.508 e. The fourth-order valence-electron chi connectivity index (χ4n) is 2.07. The van der Waals surface area contributed by atoms with Gasteiger partial charge in [-0.2, -0.15) is 9.40 Å². The van der Waals surface area contributed by atoms with Crippen molar-refractivity contribution < 1.29 is 13.5 Å². The van der Waals surface area contributed by atoms with E-state index in [-0.39, 0.29) is 17.2 Å². The molecule has 0 aliphatic carbocycles. The molecule has 108 valence electrons. The van der Waals surface area contributed by atoms with Gasteiger partial charge in [-0.15, -0.1) is 0 Å². The maximum absolute atomic E-state index is 12.5. The number of rotatable bonds is 4. The van der Waals surface area contributed by atoms with E-state index in [1.165, 1.54) is 11.4 Å². The molecule has 0 aliphatic heterocycles.